The van der Waals surface area contributed by atoms with Gasteiger partial charge >= 0.3 is 5.97 Å². The van der Waals surface area contributed by atoms with Crippen molar-refractivity contribution in [2.45, 2.75) is 19.6 Å². The van der Waals surface area contributed by atoms with Crippen molar-refractivity contribution >= 4 is 28.4 Å². The summed E-state index contributed by atoms with van der Waals surface area (Å²) in [6.45, 7) is 4.14. The average molecular weight is 393 g/mol. The van der Waals surface area contributed by atoms with Crippen molar-refractivity contribution in [2.75, 3.05) is 39.0 Å². The van der Waals surface area contributed by atoms with Crippen LogP contribution in [0.3, 0.4) is 0 Å². The number of ether oxygens (including phenoxy) is 1. The molecule has 142 valence electrons. The van der Waals surface area contributed by atoms with E-state index in [1.54, 1.807) is 0 Å². The van der Waals surface area contributed by atoms with Crippen LogP contribution in [0.2, 0.25) is 0 Å². The lowest BCUT2D eigenvalue weighted by molar-refractivity contribution is -0.137. The molecule has 1 saturated heterocycles. The fourth-order valence-electron chi connectivity index (χ4n) is 2.68. The first-order valence-electron chi connectivity index (χ1n) is 7.80. The summed E-state index contributed by atoms with van der Waals surface area (Å²) in [4.78, 5) is 13.1. The average Bonchev–Trinajstić information content (AvgIpc) is 2.48. The molecule has 0 aromatic heterocycles. The van der Waals surface area contributed by atoms with Crippen molar-refractivity contribution in [1.29, 1.82) is 0 Å². The fraction of sp³-hybridized carbons (Fsp3) is 0.562. The van der Waals surface area contributed by atoms with Gasteiger partial charge in [-0.1, -0.05) is 29.8 Å². The molecule has 1 unspecified atom stereocenters. The topological polar surface area (TPSA) is 87.2 Å². The number of aryl methyl sites for hydroxylation is 1. The molecule has 0 saturated carbocycles. The van der Waals surface area contributed by atoms with Gasteiger partial charge in [-0.05, 0) is 12.5 Å². The van der Waals surface area contributed by atoms with E-state index in [1.165, 1.54) is 11.1 Å². The standard InChI is InChI=1S/C16H24N2O5S.ClH/c1-13-3-5-14(6-4-13)9-17-7-8-23-15(10-17)11-18(12-16(19)20)24(2,21)22;/h3-6,15H,7-12H2,1-2H3,(H,19,20);1H. The van der Waals surface area contributed by atoms with Crippen LogP contribution in [0.25, 0.3) is 0 Å². The number of hydrogen-bond acceptors (Lipinski definition) is 5. The molecule has 0 spiro atoms. The minimum Gasteiger partial charge on any atom is -0.480 e. The highest BCUT2D eigenvalue weighted by molar-refractivity contribution is 7.88. The summed E-state index contributed by atoms with van der Waals surface area (Å²) >= 11 is 0. The number of hydrogen-bond donors (Lipinski definition) is 1. The molecule has 2 rings (SSSR count). The van der Waals surface area contributed by atoms with Gasteiger partial charge in [0.1, 0.15) is 6.54 Å². The van der Waals surface area contributed by atoms with Gasteiger partial charge in [0, 0.05) is 26.2 Å². The minimum atomic E-state index is -3.59. The van der Waals surface area contributed by atoms with Gasteiger partial charge in [-0.25, -0.2) is 8.42 Å². The van der Waals surface area contributed by atoms with Crippen LogP contribution in [0.15, 0.2) is 24.3 Å². The maximum atomic E-state index is 11.7. The summed E-state index contributed by atoms with van der Waals surface area (Å²) in [7, 11) is -3.59. The Morgan fingerprint density at radius 2 is 2.00 bits per heavy atom. The molecule has 1 aromatic rings. The van der Waals surface area contributed by atoms with E-state index in [2.05, 4.69) is 29.2 Å². The lowest BCUT2D eigenvalue weighted by Crippen LogP contribution is -2.49. The predicted molar refractivity (Wildman–Crippen MR) is 97.5 cm³/mol. The summed E-state index contributed by atoms with van der Waals surface area (Å²) in [5.41, 5.74) is 2.39. The van der Waals surface area contributed by atoms with Crippen LogP contribution in [0.1, 0.15) is 11.1 Å². The highest BCUT2D eigenvalue weighted by Crippen LogP contribution is 2.13. The van der Waals surface area contributed by atoms with Crippen molar-refractivity contribution in [3.8, 4) is 0 Å². The largest absolute Gasteiger partial charge is 0.480 e. The molecule has 1 fully saturated rings. The molecule has 1 aliphatic rings. The number of halogens is 1. The highest BCUT2D eigenvalue weighted by Gasteiger charge is 2.28. The molecular formula is C16H25ClN2O5S. The number of benzene rings is 1. The lowest BCUT2D eigenvalue weighted by atomic mass is 10.1. The first-order chi connectivity index (χ1) is 11.2. The zero-order chi connectivity index (χ0) is 17.7. The second-order valence-electron chi connectivity index (χ2n) is 6.16. The minimum absolute atomic E-state index is 0. The molecule has 1 aromatic carbocycles. The quantitative estimate of drug-likeness (QED) is 0.743. The number of carboxylic acid groups (broad SMARTS) is 1. The Labute approximate surface area is 155 Å². The Balaban J connectivity index is 0.00000312. The third-order valence-corrected chi connectivity index (χ3v) is 5.15. The van der Waals surface area contributed by atoms with Crippen LogP contribution < -0.4 is 0 Å². The molecule has 0 amide bonds. The number of carbonyl (C=O) groups is 1. The van der Waals surface area contributed by atoms with E-state index in [4.69, 9.17) is 9.84 Å². The predicted octanol–water partition coefficient (Wildman–Crippen LogP) is 0.964. The van der Waals surface area contributed by atoms with Gasteiger partial charge in [0.2, 0.25) is 10.0 Å². The maximum Gasteiger partial charge on any atom is 0.318 e. The Morgan fingerprint density at radius 1 is 1.36 bits per heavy atom. The van der Waals surface area contributed by atoms with Crippen LogP contribution in [-0.4, -0.2) is 73.8 Å². The van der Waals surface area contributed by atoms with Crippen molar-refractivity contribution in [2.24, 2.45) is 0 Å². The van der Waals surface area contributed by atoms with Gasteiger partial charge < -0.3 is 9.84 Å². The maximum absolute atomic E-state index is 11.7. The Kier molecular flexibility index (Phi) is 8.30. The molecule has 0 aliphatic carbocycles. The number of nitrogens with zero attached hydrogens (tertiary/aromatic N) is 2. The van der Waals surface area contributed by atoms with Gasteiger partial charge in [-0.15, -0.1) is 12.4 Å². The number of aliphatic carboxylic acids is 1. The molecule has 0 radical (unpaired) electrons. The molecule has 9 heteroatoms. The zero-order valence-electron chi connectivity index (χ0n) is 14.4. The first kappa shape index (κ1) is 21.9. The Bertz CT molecular complexity index is 666. The Hall–Kier alpha value is -1.19. The van der Waals surface area contributed by atoms with E-state index >= 15 is 0 Å². The van der Waals surface area contributed by atoms with E-state index in [9.17, 15) is 13.2 Å². The first-order valence-corrected chi connectivity index (χ1v) is 9.65. The van der Waals surface area contributed by atoms with Gasteiger partial charge in [0.25, 0.3) is 0 Å². The van der Waals surface area contributed by atoms with E-state index < -0.39 is 22.5 Å². The van der Waals surface area contributed by atoms with E-state index in [0.717, 1.165) is 23.7 Å². The summed E-state index contributed by atoms with van der Waals surface area (Å²) in [6, 6.07) is 8.27. The van der Waals surface area contributed by atoms with E-state index in [-0.39, 0.29) is 25.1 Å². The third-order valence-electron chi connectivity index (χ3n) is 3.94. The van der Waals surface area contributed by atoms with Crippen molar-refractivity contribution in [3.63, 3.8) is 0 Å². The summed E-state index contributed by atoms with van der Waals surface area (Å²) < 4.78 is 30.1. The van der Waals surface area contributed by atoms with Gasteiger partial charge in [0.05, 0.1) is 19.0 Å². The summed E-state index contributed by atoms with van der Waals surface area (Å²) in [5.74, 6) is -1.17. The Morgan fingerprint density at radius 3 is 2.56 bits per heavy atom. The van der Waals surface area contributed by atoms with Crippen LogP contribution in [0.5, 0.6) is 0 Å². The molecule has 25 heavy (non-hydrogen) atoms. The lowest BCUT2D eigenvalue weighted by Gasteiger charge is -2.34. The van der Waals surface area contributed by atoms with Gasteiger partial charge in [-0.3, -0.25) is 9.69 Å². The number of morpholine rings is 1. The van der Waals surface area contributed by atoms with E-state index in [1.807, 2.05) is 6.92 Å². The molecule has 1 aliphatic heterocycles. The number of rotatable bonds is 7. The smallest absolute Gasteiger partial charge is 0.318 e. The second kappa shape index (κ2) is 9.49. The molecule has 1 atom stereocenters. The van der Waals surface area contributed by atoms with E-state index in [0.29, 0.717) is 13.2 Å². The SMILES string of the molecule is Cc1ccc(CN2CCOC(CN(CC(=O)O)S(C)(=O)=O)C2)cc1.Cl. The van der Waals surface area contributed by atoms with Crippen LogP contribution >= 0.6 is 12.4 Å². The van der Waals surface area contributed by atoms with Crippen LogP contribution in [0, 0.1) is 6.92 Å². The van der Waals surface area contributed by atoms with Crippen LogP contribution in [0.4, 0.5) is 0 Å². The molecule has 1 heterocycles. The van der Waals surface area contributed by atoms with Crippen molar-refractivity contribution in [3.05, 3.63) is 35.4 Å². The second-order valence-corrected chi connectivity index (χ2v) is 8.15. The number of carboxylic acids is 1. The molecule has 7 nitrogen and oxygen atoms in total. The van der Waals surface area contributed by atoms with Crippen molar-refractivity contribution < 1.29 is 23.1 Å². The molecular weight excluding hydrogens is 368 g/mol. The monoisotopic (exact) mass is 392 g/mol. The zero-order valence-corrected chi connectivity index (χ0v) is 16.1. The number of sulfonamides is 1. The molecule has 1 N–H and O–H groups in total. The van der Waals surface area contributed by atoms with Gasteiger partial charge in [0.15, 0.2) is 0 Å². The third kappa shape index (κ3) is 7.29. The van der Waals surface area contributed by atoms with Gasteiger partial charge in [-0.2, -0.15) is 4.31 Å². The fourth-order valence-corrected chi connectivity index (χ4v) is 3.46. The molecule has 0 bridgehead atoms. The van der Waals surface area contributed by atoms with Crippen LogP contribution in [-0.2, 0) is 26.1 Å². The summed E-state index contributed by atoms with van der Waals surface area (Å²) in [5, 5.41) is 8.89. The van der Waals surface area contributed by atoms with Crippen molar-refractivity contribution in [1.82, 2.24) is 9.21 Å². The highest BCUT2D eigenvalue weighted by atomic mass is 35.5. The normalized spacial score (nSPS) is 18.8. The summed E-state index contributed by atoms with van der Waals surface area (Å²) in [6.07, 6.45) is 0.682.